The smallest absolute Gasteiger partial charge is 0.251 e. The average molecular weight is 392 g/mol. The number of benzene rings is 1. The molecular formula is C24H29N3O2. The number of nitrogens with zero attached hydrogens (tertiary/aromatic N) is 1. The van der Waals surface area contributed by atoms with Crippen LogP contribution in [0.2, 0.25) is 0 Å². The number of aryl methyl sites for hydroxylation is 1. The van der Waals surface area contributed by atoms with E-state index in [-0.39, 0.29) is 11.9 Å². The van der Waals surface area contributed by atoms with Crippen LogP contribution in [-0.4, -0.2) is 35.4 Å². The van der Waals surface area contributed by atoms with Gasteiger partial charge in [-0.15, -0.1) is 0 Å². The lowest BCUT2D eigenvalue weighted by atomic mass is 9.87. The number of hydrogen-bond acceptors (Lipinski definition) is 3. The Kier molecular flexibility index (Phi) is 4.92. The summed E-state index contributed by atoms with van der Waals surface area (Å²) in [5, 5.41) is 4.37. The molecule has 29 heavy (non-hydrogen) atoms. The molecule has 2 aliphatic rings. The van der Waals surface area contributed by atoms with Crippen molar-refractivity contribution in [3.63, 3.8) is 0 Å². The maximum absolute atomic E-state index is 13.0. The molecule has 3 heterocycles. The van der Waals surface area contributed by atoms with Crippen molar-refractivity contribution >= 4 is 16.8 Å². The first-order valence-electron chi connectivity index (χ1n) is 10.9. The highest BCUT2D eigenvalue weighted by atomic mass is 16.3. The predicted molar refractivity (Wildman–Crippen MR) is 114 cm³/mol. The molecule has 0 spiro atoms. The topological polar surface area (TPSA) is 61.3 Å². The third-order valence-electron chi connectivity index (χ3n) is 6.61. The van der Waals surface area contributed by atoms with Gasteiger partial charge in [0.25, 0.3) is 5.91 Å². The molecule has 1 aromatic carbocycles. The molecule has 5 heteroatoms. The van der Waals surface area contributed by atoms with E-state index >= 15 is 0 Å². The molecule has 2 aromatic heterocycles. The fourth-order valence-corrected chi connectivity index (χ4v) is 4.97. The summed E-state index contributed by atoms with van der Waals surface area (Å²) in [7, 11) is 0. The first kappa shape index (κ1) is 18.5. The van der Waals surface area contributed by atoms with Crippen LogP contribution in [0.4, 0.5) is 0 Å². The molecule has 1 aliphatic carbocycles. The molecule has 0 unspecified atom stereocenters. The standard InChI is InChI=1S/C24H29N3O2/c1-16-6-8-20-18(13-16)19-14-17(7-9-21(19)26-20)24(28)25-15-22(23-5-4-12-29-23)27-10-2-3-11-27/h4-5,7,9,12,14,16,22,26H,2-3,6,8,10-11,13,15H2,1H3,(H,25,28)/t16-,22-/m1/s1. The van der Waals surface area contributed by atoms with Crippen LogP contribution in [0.15, 0.2) is 41.0 Å². The van der Waals surface area contributed by atoms with Crippen molar-refractivity contribution in [2.75, 3.05) is 19.6 Å². The Balaban J connectivity index is 1.35. The van der Waals surface area contributed by atoms with Crippen LogP contribution in [0.25, 0.3) is 10.9 Å². The van der Waals surface area contributed by atoms with Crippen molar-refractivity contribution in [2.24, 2.45) is 5.92 Å². The number of nitrogens with one attached hydrogen (secondary N) is 2. The highest BCUT2D eigenvalue weighted by Gasteiger charge is 2.26. The molecule has 1 fully saturated rings. The van der Waals surface area contributed by atoms with E-state index in [1.54, 1.807) is 6.26 Å². The van der Waals surface area contributed by atoms with Crippen LogP contribution in [0.1, 0.15) is 59.6 Å². The van der Waals surface area contributed by atoms with Gasteiger partial charge in [0, 0.05) is 28.7 Å². The van der Waals surface area contributed by atoms with Crippen LogP contribution in [0.3, 0.4) is 0 Å². The maximum atomic E-state index is 13.0. The molecule has 5 rings (SSSR count). The van der Waals surface area contributed by atoms with Gasteiger partial charge in [0.2, 0.25) is 0 Å². The summed E-state index contributed by atoms with van der Waals surface area (Å²) in [6, 6.07) is 10.1. The Morgan fingerprint density at radius 1 is 1.31 bits per heavy atom. The van der Waals surface area contributed by atoms with E-state index in [2.05, 4.69) is 34.3 Å². The fourth-order valence-electron chi connectivity index (χ4n) is 4.97. The first-order chi connectivity index (χ1) is 14.2. The van der Waals surface area contributed by atoms with Gasteiger partial charge in [-0.3, -0.25) is 9.69 Å². The zero-order valence-electron chi connectivity index (χ0n) is 17.0. The molecule has 0 radical (unpaired) electrons. The summed E-state index contributed by atoms with van der Waals surface area (Å²) in [5.74, 6) is 1.62. The third-order valence-corrected chi connectivity index (χ3v) is 6.61. The number of aromatic nitrogens is 1. The lowest BCUT2D eigenvalue weighted by molar-refractivity contribution is 0.0934. The monoisotopic (exact) mass is 391 g/mol. The zero-order valence-corrected chi connectivity index (χ0v) is 17.0. The molecule has 0 saturated carbocycles. The van der Waals surface area contributed by atoms with E-state index < -0.39 is 0 Å². The van der Waals surface area contributed by atoms with Crippen molar-refractivity contribution in [3.05, 3.63) is 59.2 Å². The van der Waals surface area contributed by atoms with Crippen LogP contribution < -0.4 is 5.32 Å². The van der Waals surface area contributed by atoms with E-state index in [1.165, 1.54) is 35.9 Å². The highest BCUT2D eigenvalue weighted by molar-refractivity contribution is 5.99. The highest BCUT2D eigenvalue weighted by Crippen LogP contribution is 2.32. The SMILES string of the molecule is C[C@@H]1CCc2[nH]c3ccc(C(=O)NC[C@H](c4ccco4)N4CCCC4)cc3c2C1. The van der Waals surface area contributed by atoms with E-state index in [1.807, 2.05) is 18.2 Å². The third kappa shape index (κ3) is 3.60. The van der Waals surface area contributed by atoms with Gasteiger partial charge in [0.1, 0.15) is 5.76 Å². The summed E-state index contributed by atoms with van der Waals surface area (Å²) < 4.78 is 5.67. The van der Waals surface area contributed by atoms with Crippen LogP contribution >= 0.6 is 0 Å². The summed E-state index contributed by atoms with van der Waals surface area (Å²) in [4.78, 5) is 18.9. The van der Waals surface area contributed by atoms with Gasteiger partial charge in [0.05, 0.1) is 12.3 Å². The summed E-state index contributed by atoms with van der Waals surface area (Å²) in [6.07, 6.45) is 7.56. The van der Waals surface area contributed by atoms with Crippen molar-refractivity contribution in [3.8, 4) is 0 Å². The maximum Gasteiger partial charge on any atom is 0.251 e. The summed E-state index contributed by atoms with van der Waals surface area (Å²) in [5.41, 5.74) is 4.63. The number of aromatic amines is 1. The Morgan fingerprint density at radius 3 is 2.97 bits per heavy atom. The Hall–Kier alpha value is -2.53. The van der Waals surface area contributed by atoms with Gasteiger partial charge in [-0.25, -0.2) is 0 Å². The normalized spacial score (nSPS) is 20.7. The largest absolute Gasteiger partial charge is 0.468 e. The molecule has 1 amide bonds. The Bertz CT molecular complexity index is 999. The Morgan fingerprint density at radius 2 is 2.17 bits per heavy atom. The minimum absolute atomic E-state index is 0.0125. The minimum atomic E-state index is -0.0125. The number of rotatable bonds is 5. The van der Waals surface area contributed by atoms with Crippen molar-refractivity contribution in [2.45, 2.75) is 45.1 Å². The zero-order chi connectivity index (χ0) is 19.8. The van der Waals surface area contributed by atoms with Gasteiger partial charge in [-0.1, -0.05) is 6.92 Å². The van der Waals surface area contributed by atoms with Gasteiger partial charge in [-0.2, -0.15) is 0 Å². The van der Waals surface area contributed by atoms with E-state index in [4.69, 9.17) is 4.42 Å². The number of carbonyl (C=O) groups is 1. The molecular weight excluding hydrogens is 362 g/mol. The van der Waals surface area contributed by atoms with Gasteiger partial charge in [-0.05, 0) is 87.0 Å². The molecule has 2 N–H and O–H groups in total. The van der Waals surface area contributed by atoms with Crippen LogP contribution in [0.5, 0.6) is 0 Å². The quantitative estimate of drug-likeness (QED) is 0.675. The van der Waals surface area contributed by atoms with E-state index in [0.717, 1.165) is 42.8 Å². The number of furan rings is 1. The number of hydrogen-bond donors (Lipinski definition) is 2. The molecule has 1 saturated heterocycles. The van der Waals surface area contributed by atoms with Crippen molar-refractivity contribution in [1.82, 2.24) is 15.2 Å². The second kappa shape index (κ2) is 7.71. The van der Waals surface area contributed by atoms with Crippen molar-refractivity contribution < 1.29 is 9.21 Å². The molecule has 1 aliphatic heterocycles. The molecule has 5 nitrogen and oxygen atoms in total. The number of fused-ring (bicyclic) bond motifs is 3. The molecule has 0 bridgehead atoms. The minimum Gasteiger partial charge on any atom is -0.468 e. The first-order valence-corrected chi connectivity index (χ1v) is 10.9. The molecule has 152 valence electrons. The number of H-pyrrole nitrogens is 1. The second-order valence-electron chi connectivity index (χ2n) is 8.67. The lowest BCUT2D eigenvalue weighted by Crippen LogP contribution is -2.36. The number of likely N-dealkylation sites (tertiary alicyclic amines) is 1. The average Bonchev–Trinajstić information content (AvgIpc) is 3.49. The number of carbonyl (C=O) groups excluding carboxylic acids is 1. The van der Waals surface area contributed by atoms with Gasteiger partial charge in [0.15, 0.2) is 0 Å². The Labute approximate surface area is 171 Å². The second-order valence-corrected chi connectivity index (χ2v) is 8.67. The van der Waals surface area contributed by atoms with E-state index in [9.17, 15) is 4.79 Å². The van der Waals surface area contributed by atoms with Gasteiger partial charge >= 0.3 is 0 Å². The molecule has 2 atom stereocenters. The van der Waals surface area contributed by atoms with Crippen molar-refractivity contribution in [1.29, 1.82) is 0 Å². The predicted octanol–water partition coefficient (Wildman–Crippen LogP) is 4.45. The molecule has 3 aromatic rings. The number of amides is 1. The van der Waals surface area contributed by atoms with Crippen LogP contribution in [0, 0.1) is 5.92 Å². The fraction of sp³-hybridized carbons (Fsp3) is 0.458. The summed E-state index contributed by atoms with van der Waals surface area (Å²) in [6.45, 7) is 4.99. The lowest BCUT2D eigenvalue weighted by Gasteiger charge is -2.26. The van der Waals surface area contributed by atoms with Gasteiger partial charge < -0.3 is 14.7 Å². The summed E-state index contributed by atoms with van der Waals surface area (Å²) >= 11 is 0. The van der Waals surface area contributed by atoms with E-state index in [0.29, 0.717) is 12.5 Å². The van der Waals surface area contributed by atoms with Crippen LogP contribution in [-0.2, 0) is 12.8 Å².